The van der Waals surface area contributed by atoms with Gasteiger partial charge in [0, 0.05) is 16.7 Å². The van der Waals surface area contributed by atoms with Gasteiger partial charge in [0.2, 0.25) is 0 Å². The lowest BCUT2D eigenvalue weighted by Crippen LogP contribution is -2.17. The fourth-order valence-electron chi connectivity index (χ4n) is 10.6. The Kier molecular flexibility index (Phi) is 12.0. The standard InChI is InChI=1S/C66H63N/c1-65(2,3)50-43-49(44-51(45-50)66(4,5)6)53-32-17-20-40-61(53)67(63-42-22-19-37-59(63)60-39-24-30-48-29-23-38-54(64(48)60)47-27-11-8-12-28-47)62-41-21-18-36-58(62)57-35-16-15-34-56(57)55-33-14-13-31-52(55)46-25-9-7-10-26-46/h7,9-10,13-26,29-45,47H,8,11-12,27-28H2,1-6H3. The Bertz CT molecular complexity index is 3150. The summed E-state index contributed by atoms with van der Waals surface area (Å²) >= 11 is 0. The van der Waals surface area contributed by atoms with Crippen molar-refractivity contribution in [1.82, 2.24) is 0 Å². The van der Waals surface area contributed by atoms with E-state index in [4.69, 9.17) is 0 Å². The molecular weight excluding hydrogens is 807 g/mol. The molecule has 1 aliphatic rings. The molecule has 0 amide bonds. The van der Waals surface area contributed by atoms with Gasteiger partial charge in [0.1, 0.15) is 0 Å². The number of rotatable bonds is 9. The Labute approximate surface area is 399 Å². The van der Waals surface area contributed by atoms with Crippen LogP contribution in [0.4, 0.5) is 17.1 Å². The minimum absolute atomic E-state index is 0.0337. The molecule has 1 saturated carbocycles. The highest BCUT2D eigenvalue weighted by atomic mass is 15.1. The molecule has 0 radical (unpaired) electrons. The zero-order chi connectivity index (χ0) is 46.1. The number of hydrogen-bond acceptors (Lipinski definition) is 1. The number of fused-ring (bicyclic) bond motifs is 1. The van der Waals surface area contributed by atoms with E-state index >= 15 is 0 Å². The normalized spacial score (nSPS) is 13.5. The first-order chi connectivity index (χ1) is 32.5. The minimum Gasteiger partial charge on any atom is -0.309 e. The molecule has 0 aliphatic heterocycles. The van der Waals surface area contributed by atoms with Crippen LogP contribution in [0.1, 0.15) is 96.3 Å². The van der Waals surface area contributed by atoms with E-state index in [1.165, 1.54) is 115 Å². The summed E-state index contributed by atoms with van der Waals surface area (Å²) in [7, 11) is 0. The molecule has 0 heterocycles. The molecular formula is C66H63N. The maximum absolute atomic E-state index is 2.59. The zero-order valence-corrected chi connectivity index (χ0v) is 40.2. The summed E-state index contributed by atoms with van der Waals surface area (Å²) < 4.78 is 0. The number of hydrogen-bond donors (Lipinski definition) is 0. The molecule has 0 N–H and O–H groups in total. The van der Waals surface area contributed by atoms with Crippen molar-refractivity contribution in [1.29, 1.82) is 0 Å². The fraction of sp³-hybridized carbons (Fsp3) is 0.212. The van der Waals surface area contributed by atoms with E-state index in [9.17, 15) is 0 Å². The van der Waals surface area contributed by atoms with Crippen molar-refractivity contribution in [3.8, 4) is 55.6 Å². The third-order valence-electron chi connectivity index (χ3n) is 14.2. The first-order valence-electron chi connectivity index (χ1n) is 24.5. The van der Waals surface area contributed by atoms with E-state index < -0.39 is 0 Å². The van der Waals surface area contributed by atoms with E-state index in [2.05, 4.69) is 253 Å². The van der Waals surface area contributed by atoms with Crippen LogP contribution in [0.3, 0.4) is 0 Å². The number of nitrogens with zero attached hydrogens (tertiary/aromatic N) is 1. The van der Waals surface area contributed by atoms with Crippen LogP contribution >= 0.6 is 0 Å². The van der Waals surface area contributed by atoms with Gasteiger partial charge >= 0.3 is 0 Å². The molecule has 10 rings (SSSR count). The van der Waals surface area contributed by atoms with Crippen LogP contribution in [0.5, 0.6) is 0 Å². The van der Waals surface area contributed by atoms with Crippen molar-refractivity contribution in [2.75, 3.05) is 4.90 Å². The average molecular weight is 870 g/mol. The molecule has 0 spiro atoms. The van der Waals surface area contributed by atoms with Crippen LogP contribution in [0.25, 0.3) is 66.4 Å². The number of anilines is 3. The van der Waals surface area contributed by atoms with Crippen molar-refractivity contribution in [2.45, 2.75) is 90.4 Å². The van der Waals surface area contributed by atoms with Crippen molar-refractivity contribution in [3.63, 3.8) is 0 Å². The van der Waals surface area contributed by atoms with E-state index in [0.717, 1.165) is 17.1 Å². The first-order valence-corrected chi connectivity index (χ1v) is 24.5. The predicted molar refractivity (Wildman–Crippen MR) is 289 cm³/mol. The summed E-state index contributed by atoms with van der Waals surface area (Å²) in [5.74, 6) is 0.561. The van der Waals surface area contributed by atoms with Gasteiger partial charge in [-0.1, -0.05) is 249 Å². The number of para-hydroxylation sites is 3. The van der Waals surface area contributed by atoms with Crippen molar-refractivity contribution in [3.05, 3.63) is 223 Å². The van der Waals surface area contributed by atoms with Crippen LogP contribution in [0.15, 0.2) is 206 Å². The minimum atomic E-state index is -0.0337. The second kappa shape index (κ2) is 18.4. The van der Waals surface area contributed by atoms with Gasteiger partial charge in [-0.15, -0.1) is 0 Å². The van der Waals surface area contributed by atoms with Crippen LogP contribution in [0.2, 0.25) is 0 Å². The molecule has 0 bridgehead atoms. The van der Waals surface area contributed by atoms with Gasteiger partial charge in [-0.2, -0.15) is 0 Å². The third-order valence-corrected chi connectivity index (χ3v) is 14.2. The maximum Gasteiger partial charge on any atom is 0.0540 e. The molecule has 0 unspecified atom stereocenters. The highest BCUT2D eigenvalue weighted by molar-refractivity contribution is 6.06. The summed E-state index contributed by atoms with van der Waals surface area (Å²) in [5, 5.41) is 2.70. The summed E-state index contributed by atoms with van der Waals surface area (Å²) in [5.41, 5.74) is 19.7. The van der Waals surface area contributed by atoms with E-state index in [0.29, 0.717) is 5.92 Å². The van der Waals surface area contributed by atoms with Crippen molar-refractivity contribution >= 4 is 27.8 Å². The van der Waals surface area contributed by atoms with Crippen LogP contribution < -0.4 is 4.90 Å². The monoisotopic (exact) mass is 869 g/mol. The largest absolute Gasteiger partial charge is 0.309 e. The van der Waals surface area contributed by atoms with E-state index in [-0.39, 0.29) is 10.8 Å². The lowest BCUT2D eigenvalue weighted by atomic mass is 9.78. The smallest absolute Gasteiger partial charge is 0.0540 e. The van der Waals surface area contributed by atoms with Crippen LogP contribution in [-0.2, 0) is 10.8 Å². The second-order valence-electron chi connectivity index (χ2n) is 20.7. The predicted octanol–water partition coefficient (Wildman–Crippen LogP) is 19.3. The lowest BCUT2D eigenvalue weighted by molar-refractivity contribution is 0.445. The Balaban J connectivity index is 1.26. The highest BCUT2D eigenvalue weighted by Crippen LogP contribution is 2.51. The van der Waals surface area contributed by atoms with Gasteiger partial charge in [-0.3, -0.25) is 0 Å². The first kappa shape index (κ1) is 43.9. The molecule has 1 heteroatoms. The molecule has 1 nitrogen and oxygen atoms in total. The van der Waals surface area contributed by atoms with Gasteiger partial charge in [-0.05, 0) is 114 Å². The highest BCUT2D eigenvalue weighted by Gasteiger charge is 2.28. The summed E-state index contributed by atoms with van der Waals surface area (Å²) in [6.07, 6.45) is 6.43. The third kappa shape index (κ3) is 8.76. The molecule has 9 aromatic rings. The van der Waals surface area contributed by atoms with E-state index in [1.54, 1.807) is 0 Å². The summed E-state index contributed by atoms with van der Waals surface area (Å²) in [6.45, 7) is 14.0. The zero-order valence-electron chi connectivity index (χ0n) is 40.2. The molecule has 9 aromatic carbocycles. The Morgan fingerprint density at radius 2 is 0.761 bits per heavy atom. The summed E-state index contributed by atoms with van der Waals surface area (Å²) in [4.78, 5) is 2.59. The molecule has 0 saturated heterocycles. The van der Waals surface area contributed by atoms with Crippen molar-refractivity contribution in [2.24, 2.45) is 0 Å². The average Bonchev–Trinajstić information content (AvgIpc) is 3.36. The number of benzene rings is 9. The van der Waals surface area contributed by atoms with Gasteiger partial charge < -0.3 is 4.90 Å². The fourth-order valence-corrected chi connectivity index (χ4v) is 10.6. The van der Waals surface area contributed by atoms with Crippen LogP contribution in [0, 0.1) is 0 Å². The molecule has 1 aliphatic carbocycles. The van der Waals surface area contributed by atoms with Gasteiger partial charge in [-0.25, -0.2) is 0 Å². The Morgan fingerprint density at radius 1 is 0.343 bits per heavy atom. The van der Waals surface area contributed by atoms with Crippen LogP contribution in [-0.4, -0.2) is 0 Å². The topological polar surface area (TPSA) is 3.24 Å². The SMILES string of the molecule is CC(C)(C)c1cc(-c2ccccc2N(c2ccccc2-c2ccccc2-c2ccccc2-c2ccccc2)c2ccccc2-c2cccc3cccc(C4CCCCC4)c23)cc(C(C)(C)C)c1. The Morgan fingerprint density at radius 3 is 1.33 bits per heavy atom. The van der Waals surface area contributed by atoms with E-state index in [1.807, 2.05) is 0 Å². The maximum atomic E-state index is 2.59. The van der Waals surface area contributed by atoms with Gasteiger partial charge in [0.15, 0.2) is 0 Å². The molecule has 332 valence electrons. The molecule has 67 heavy (non-hydrogen) atoms. The van der Waals surface area contributed by atoms with Gasteiger partial charge in [0.05, 0.1) is 17.1 Å². The van der Waals surface area contributed by atoms with Gasteiger partial charge in [0.25, 0.3) is 0 Å². The lowest BCUT2D eigenvalue weighted by Gasteiger charge is -2.33. The molecule has 0 atom stereocenters. The van der Waals surface area contributed by atoms with Crippen molar-refractivity contribution < 1.29 is 0 Å². The Hall–Kier alpha value is -6.96. The quantitative estimate of drug-likeness (QED) is 0.140. The molecule has 1 fully saturated rings. The molecule has 0 aromatic heterocycles. The second-order valence-corrected chi connectivity index (χ2v) is 20.7. The summed E-state index contributed by atoms with van der Waals surface area (Å²) in [6, 6.07) is 77.4.